The Labute approximate surface area is 128 Å². The molecule has 0 N–H and O–H groups in total. The van der Waals surface area contributed by atoms with E-state index in [0.717, 1.165) is 17.8 Å². The molecule has 4 rings (SSSR count). The number of thiazole rings is 1. The van der Waals surface area contributed by atoms with Gasteiger partial charge in [-0.2, -0.15) is 0 Å². The Balaban J connectivity index is 1.90. The minimum Gasteiger partial charge on any atom is -0.294 e. The largest absolute Gasteiger partial charge is 0.294 e. The second kappa shape index (κ2) is 4.45. The predicted octanol–water partition coefficient (Wildman–Crippen LogP) is 5.00. The van der Waals surface area contributed by atoms with E-state index in [2.05, 4.69) is 9.38 Å². The second-order valence-corrected chi connectivity index (χ2v) is 6.73. The first-order valence-electron chi connectivity index (χ1n) is 6.28. The van der Waals surface area contributed by atoms with Gasteiger partial charge in [0.15, 0.2) is 4.96 Å². The van der Waals surface area contributed by atoms with Crippen molar-refractivity contribution in [2.45, 2.75) is 19.3 Å². The van der Waals surface area contributed by atoms with Crippen molar-refractivity contribution in [2.75, 3.05) is 0 Å². The van der Waals surface area contributed by atoms with Gasteiger partial charge in [0.1, 0.15) is 5.82 Å². The van der Waals surface area contributed by atoms with E-state index in [1.165, 1.54) is 29.1 Å². The molecule has 1 aliphatic rings. The van der Waals surface area contributed by atoms with Crippen molar-refractivity contribution in [2.24, 2.45) is 0 Å². The molecule has 20 heavy (non-hydrogen) atoms. The number of nitrogens with zero attached hydrogens (tertiary/aromatic N) is 2. The number of rotatable bonds is 1. The Morgan fingerprint density at radius 2 is 2.05 bits per heavy atom. The van der Waals surface area contributed by atoms with Gasteiger partial charge in [-0.15, -0.1) is 11.3 Å². The van der Waals surface area contributed by atoms with Crippen molar-refractivity contribution in [3.8, 4) is 11.3 Å². The van der Waals surface area contributed by atoms with E-state index in [0.29, 0.717) is 16.3 Å². The van der Waals surface area contributed by atoms with Gasteiger partial charge in [0, 0.05) is 22.3 Å². The van der Waals surface area contributed by atoms with Crippen LogP contribution in [0.5, 0.6) is 0 Å². The van der Waals surface area contributed by atoms with Crippen molar-refractivity contribution in [3.05, 3.63) is 44.8 Å². The van der Waals surface area contributed by atoms with E-state index in [-0.39, 0.29) is 5.02 Å². The third kappa shape index (κ3) is 1.79. The average molecular weight is 327 g/mol. The van der Waals surface area contributed by atoms with Crippen LogP contribution in [0, 0.1) is 5.82 Å². The number of fused-ring (bicyclic) bond motifs is 3. The van der Waals surface area contributed by atoms with Gasteiger partial charge in [0.2, 0.25) is 0 Å². The van der Waals surface area contributed by atoms with E-state index in [1.54, 1.807) is 11.3 Å². The first kappa shape index (κ1) is 12.6. The van der Waals surface area contributed by atoms with E-state index >= 15 is 0 Å². The Morgan fingerprint density at radius 3 is 2.90 bits per heavy atom. The summed E-state index contributed by atoms with van der Waals surface area (Å²) >= 11 is 13.6. The molecule has 0 spiro atoms. The SMILES string of the molecule is Fc1cc(-c2cn3c4c(sc3n2)CCC4)c(Cl)cc1Cl. The molecule has 0 unspecified atom stereocenters. The van der Waals surface area contributed by atoms with Crippen molar-refractivity contribution in [3.63, 3.8) is 0 Å². The Hall–Kier alpha value is -1.10. The van der Waals surface area contributed by atoms with Crippen LogP contribution >= 0.6 is 34.5 Å². The molecule has 102 valence electrons. The van der Waals surface area contributed by atoms with Crippen LogP contribution in [0.25, 0.3) is 16.2 Å². The minimum absolute atomic E-state index is 0.0284. The molecule has 2 nitrogen and oxygen atoms in total. The van der Waals surface area contributed by atoms with Crippen LogP contribution in [0.2, 0.25) is 10.0 Å². The van der Waals surface area contributed by atoms with Gasteiger partial charge in [-0.3, -0.25) is 4.40 Å². The molecule has 1 aromatic carbocycles. The Bertz CT molecular complexity index is 837. The maximum Gasteiger partial charge on any atom is 0.194 e. The van der Waals surface area contributed by atoms with Gasteiger partial charge < -0.3 is 0 Å². The molecule has 0 fully saturated rings. The number of imidazole rings is 1. The summed E-state index contributed by atoms with van der Waals surface area (Å²) in [5, 5.41) is 0.444. The van der Waals surface area contributed by atoms with Gasteiger partial charge in [-0.1, -0.05) is 23.2 Å². The van der Waals surface area contributed by atoms with Crippen LogP contribution in [0.4, 0.5) is 4.39 Å². The summed E-state index contributed by atoms with van der Waals surface area (Å²) in [6.45, 7) is 0. The number of aromatic nitrogens is 2. The first-order chi connectivity index (χ1) is 9.63. The summed E-state index contributed by atoms with van der Waals surface area (Å²) < 4.78 is 15.7. The quantitative estimate of drug-likeness (QED) is 0.575. The maximum atomic E-state index is 13.6. The van der Waals surface area contributed by atoms with E-state index in [9.17, 15) is 4.39 Å². The lowest BCUT2D eigenvalue weighted by Gasteiger charge is -2.02. The maximum absolute atomic E-state index is 13.6. The highest BCUT2D eigenvalue weighted by molar-refractivity contribution is 7.17. The highest BCUT2D eigenvalue weighted by Crippen LogP contribution is 2.36. The standard InChI is InChI=1S/C14H9Cl2FN2S/c15-8-5-9(16)10(17)4-7(8)11-6-19-12-2-1-3-13(12)20-14(19)18-11/h4-6H,1-3H2. The zero-order valence-electron chi connectivity index (χ0n) is 10.3. The number of aryl methyl sites for hydroxylation is 2. The van der Waals surface area contributed by atoms with Crippen molar-refractivity contribution < 1.29 is 4.39 Å². The minimum atomic E-state index is -0.479. The van der Waals surface area contributed by atoms with Crippen LogP contribution in [0.3, 0.4) is 0 Å². The molecule has 0 saturated heterocycles. The van der Waals surface area contributed by atoms with Gasteiger partial charge in [0.05, 0.1) is 15.7 Å². The molecule has 2 aromatic heterocycles. The monoisotopic (exact) mass is 326 g/mol. The Morgan fingerprint density at radius 1 is 1.20 bits per heavy atom. The number of benzene rings is 1. The van der Waals surface area contributed by atoms with E-state index in [4.69, 9.17) is 23.2 Å². The summed E-state index contributed by atoms with van der Waals surface area (Å²) in [7, 11) is 0. The highest BCUT2D eigenvalue weighted by Gasteiger charge is 2.20. The van der Waals surface area contributed by atoms with Gasteiger partial charge in [-0.05, 0) is 31.4 Å². The molecule has 6 heteroatoms. The van der Waals surface area contributed by atoms with Crippen LogP contribution in [0.15, 0.2) is 18.3 Å². The normalized spacial score (nSPS) is 14.2. The fourth-order valence-corrected chi connectivity index (χ4v) is 4.32. The van der Waals surface area contributed by atoms with Gasteiger partial charge in [-0.25, -0.2) is 9.37 Å². The van der Waals surface area contributed by atoms with Crippen molar-refractivity contribution in [1.82, 2.24) is 9.38 Å². The van der Waals surface area contributed by atoms with Crippen molar-refractivity contribution in [1.29, 1.82) is 0 Å². The molecule has 0 atom stereocenters. The molecule has 0 radical (unpaired) electrons. The fourth-order valence-electron chi connectivity index (χ4n) is 2.65. The molecule has 0 saturated carbocycles. The van der Waals surface area contributed by atoms with E-state index in [1.807, 2.05) is 6.20 Å². The molecule has 1 aliphatic carbocycles. The summed E-state index contributed by atoms with van der Waals surface area (Å²) in [6.07, 6.45) is 5.34. The summed E-state index contributed by atoms with van der Waals surface area (Å²) in [6, 6.07) is 2.77. The van der Waals surface area contributed by atoms with E-state index < -0.39 is 5.82 Å². The summed E-state index contributed by atoms with van der Waals surface area (Å²) in [5.74, 6) is -0.479. The lowest BCUT2D eigenvalue weighted by Crippen LogP contribution is -1.86. The molecule has 2 heterocycles. The summed E-state index contributed by atoms with van der Waals surface area (Å²) in [4.78, 5) is 6.92. The Kier molecular flexibility index (Phi) is 2.81. The smallest absolute Gasteiger partial charge is 0.194 e. The fraction of sp³-hybridized carbons (Fsp3) is 0.214. The zero-order valence-corrected chi connectivity index (χ0v) is 12.6. The molecular weight excluding hydrogens is 318 g/mol. The van der Waals surface area contributed by atoms with Crippen LogP contribution in [0.1, 0.15) is 17.0 Å². The van der Waals surface area contributed by atoms with Gasteiger partial charge >= 0.3 is 0 Å². The van der Waals surface area contributed by atoms with Crippen LogP contribution in [-0.2, 0) is 12.8 Å². The molecule has 0 bridgehead atoms. The number of hydrogen-bond acceptors (Lipinski definition) is 2. The summed E-state index contributed by atoms with van der Waals surface area (Å²) in [5.41, 5.74) is 2.59. The number of hydrogen-bond donors (Lipinski definition) is 0. The highest BCUT2D eigenvalue weighted by atomic mass is 35.5. The van der Waals surface area contributed by atoms with Crippen LogP contribution < -0.4 is 0 Å². The van der Waals surface area contributed by atoms with Crippen LogP contribution in [-0.4, -0.2) is 9.38 Å². The lowest BCUT2D eigenvalue weighted by atomic mass is 10.1. The van der Waals surface area contributed by atoms with Gasteiger partial charge in [0.25, 0.3) is 0 Å². The van der Waals surface area contributed by atoms with Crippen molar-refractivity contribution >= 4 is 39.5 Å². The molecule has 0 aliphatic heterocycles. The zero-order chi connectivity index (χ0) is 13.9. The first-order valence-corrected chi connectivity index (χ1v) is 7.85. The third-order valence-electron chi connectivity index (χ3n) is 3.60. The topological polar surface area (TPSA) is 17.3 Å². The lowest BCUT2D eigenvalue weighted by molar-refractivity contribution is 0.629. The third-order valence-corrected chi connectivity index (χ3v) is 5.36. The number of halogens is 3. The molecule has 0 amide bonds. The molecular formula is C14H9Cl2FN2S. The average Bonchev–Trinajstić information content (AvgIpc) is 3.04. The molecule has 3 aromatic rings. The predicted molar refractivity (Wildman–Crippen MR) is 80.5 cm³/mol. The second-order valence-electron chi connectivity index (χ2n) is 4.85.